The van der Waals surface area contributed by atoms with Crippen molar-refractivity contribution in [1.29, 1.82) is 0 Å². The van der Waals surface area contributed by atoms with Crippen LogP contribution in [0.25, 0.3) is 0 Å². The average molecular weight is 309 g/mol. The van der Waals surface area contributed by atoms with Gasteiger partial charge < -0.3 is 0 Å². The third-order valence-corrected chi connectivity index (χ3v) is 4.77. The van der Waals surface area contributed by atoms with Crippen LogP contribution < -0.4 is 0 Å². The average Bonchev–Trinajstić information content (AvgIpc) is 2.47. The molecule has 0 heterocycles. The van der Waals surface area contributed by atoms with Crippen LogP contribution in [0.5, 0.6) is 0 Å². The summed E-state index contributed by atoms with van der Waals surface area (Å²) >= 11 is 0. The SMILES string of the molecule is CCC(c1ccc(C(C)(C)C)cc1)c1ccc(C(C)(C)C)cc1. The van der Waals surface area contributed by atoms with E-state index in [1.807, 2.05) is 0 Å². The molecule has 0 N–H and O–H groups in total. The third-order valence-electron chi connectivity index (χ3n) is 4.77. The van der Waals surface area contributed by atoms with Crippen LogP contribution >= 0.6 is 0 Å². The van der Waals surface area contributed by atoms with Gasteiger partial charge in [0.1, 0.15) is 0 Å². The molecule has 0 saturated carbocycles. The highest BCUT2D eigenvalue weighted by atomic mass is 14.2. The zero-order chi connectivity index (χ0) is 17.3. The van der Waals surface area contributed by atoms with E-state index < -0.39 is 0 Å². The monoisotopic (exact) mass is 308 g/mol. The Balaban J connectivity index is 2.29. The van der Waals surface area contributed by atoms with E-state index in [0.29, 0.717) is 5.92 Å². The van der Waals surface area contributed by atoms with Gasteiger partial charge in [0.05, 0.1) is 0 Å². The maximum atomic E-state index is 2.31. The van der Waals surface area contributed by atoms with E-state index in [0.717, 1.165) is 6.42 Å². The van der Waals surface area contributed by atoms with E-state index in [2.05, 4.69) is 97.0 Å². The third kappa shape index (κ3) is 4.25. The van der Waals surface area contributed by atoms with Gasteiger partial charge in [0, 0.05) is 5.92 Å². The Kier molecular flexibility index (Phi) is 5.04. The Morgan fingerprint density at radius 3 is 1.13 bits per heavy atom. The minimum Gasteiger partial charge on any atom is -0.0645 e. The lowest BCUT2D eigenvalue weighted by Gasteiger charge is -2.23. The molecule has 0 aliphatic heterocycles. The van der Waals surface area contributed by atoms with E-state index in [-0.39, 0.29) is 10.8 Å². The summed E-state index contributed by atoms with van der Waals surface area (Å²) in [5.41, 5.74) is 6.08. The largest absolute Gasteiger partial charge is 0.0645 e. The number of benzene rings is 2. The molecule has 0 radical (unpaired) electrons. The predicted octanol–water partition coefficient (Wildman–Crippen LogP) is 6.82. The van der Waals surface area contributed by atoms with Crippen molar-refractivity contribution in [3.05, 3.63) is 70.8 Å². The molecule has 0 amide bonds. The van der Waals surface area contributed by atoms with E-state index in [9.17, 15) is 0 Å². The molecule has 23 heavy (non-hydrogen) atoms. The van der Waals surface area contributed by atoms with Crippen molar-refractivity contribution in [3.63, 3.8) is 0 Å². The minimum atomic E-state index is 0.217. The second-order valence-corrected chi connectivity index (χ2v) is 8.70. The first-order valence-electron chi connectivity index (χ1n) is 8.84. The number of rotatable bonds is 3. The Hall–Kier alpha value is -1.56. The normalized spacial score (nSPS) is 12.7. The molecule has 0 nitrogen and oxygen atoms in total. The fourth-order valence-corrected chi connectivity index (χ4v) is 3.09. The van der Waals surface area contributed by atoms with Crippen LogP contribution in [-0.2, 0) is 10.8 Å². The molecule has 0 aliphatic rings. The lowest BCUT2D eigenvalue weighted by atomic mass is 9.82. The second-order valence-electron chi connectivity index (χ2n) is 8.70. The number of hydrogen-bond acceptors (Lipinski definition) is 0. The molecule has 0 aliphatic carbocycles. The van der Waals surface area contributed by atoms with Gasteiger partial charge in [-0.3, -0.25) is 0 Å². The van der Waals surface area contributed by atoms with Crippen LogP contribution in [0.15, 0.2) is 48.5 Å². The maximum absolute atomic E-state index is 2.31. The fraction of sp³-hybridized carbons (Fsp3) is 0.478. The van der Waals surface area contributed by atoms with E-state index in [4.69, 9.17) is 0 Å². The van der Waals surface area contributed by atoms with Crippen LogP contribution in [0, 0.1) is 0 Å². The molecule has 2 aromatic carbocycles. The summed E-state index contributed by atoms with van der Waals surface area (Å²) in [6.45, 7) is 15.9. The molecule has 2 aromatic rings. The van der Waals surface area contributed by atoms with Crippen molar-refractivity contribution in [1.82, 2.24) is 0 Å². The number of hydrogen-bond donors (Lipinski definition) is 0. The van der Waals surface area contributed by atoms with Crippen molar-refractivity contribution in [3.8, 4) is 0 Å². The molecule has 124 valence electrons. The summed E-state index contributed by atoms with van der Waals surface area (Å²) in [5.74, 6) is 0.484. The zero-order valence-electron chi connectivity index (χ0n) is 15.9. The molecule has 0 heteroatoms. The van der Waals surface area contributed by atoms with Gasteiger partial charge in [-0.25, -0.2) is 0 Å². The van der Waals surface area contributed by atoms with Crippen LogP contribution in [0.3, 0.4) is 0 Å². The van der Waals surface area contributed by atoms with Gasteiger partial charge >= 0.3 is 0 Å². The highest BCUT2D eigenvalue weighted by Crippen LogP contribution is 2.32. The Labute approximate surface area is 143 Å². The van der Waals surface area contributed by atoms with Crippen LogP contribution in [0.4, 0.5) is 0 Å². The standard InChI is InChI=1S/C23H32/c1-8-21(17-9-13-19(14-10-17)22(2,3)4)18-11-15-20(16-12-18)23(5,6)7/h9-16,21H,8H2,1-7H3. The Bertz CT molecular complexity index is 558. The van der Waals surface area contributed by atoms with Gasteiger partial charge in [-0.15, -0.1) is 0 Å². The van der Waals surface area contributed by atoms with Gasteiger partial charge in [-0.1, -0.05) is 97.0 Å². The zero-order valence-corrected chi connectivity index (χ0v) is 15.9. The quantitative estimate of drug-likeness (QED) is 0.583. The summed E-state index contributed by atoms with van der Waals surface area (Å²) < 4.78 is 0. The van der Waals surface area contributed by atoms with Crippen LogP contribution in [-0.4, -0.2) is 0 Å². The van der Waals surface area contributed by atoms with Gasteiger partial charge in [0.25, 0.3) is 0 Å². The highest BCUT2D eigenvalue weighted by Gasteiger charge is 2.17. The van der Waals surface area contributed by atoms with Gasteiger partial charge in [0.15, 0.2) is 0 Å². The molecule has 0 fully saturated rings. The maximum Gasteiger partial charge on any atom is 0.00867 e. The second kappa shape index (κ2) is 6.51. The molecule has 0 bridgehead atoms. The molecule has 0 aromatic heterocycles. The van der Waals surface area contributed by atoms with Crippen LogP contribution in [0.2, 0.25) is 0 Å². The van der Waals surface area contributed by atoms with Crippen molar-refractivity contribution in [2.24, 2.45) is 0 Å². The topological polar surface area (TPSA) is 0 Å². The van der Waals surface area contributed by atoms with E-state index >= 15 is 0 Å². The summed E-state index contributed by atoms with van der Waals surface area (Å²) in [7, 11) is 0. The molecule has 0 saturated heterocycles. The first kappa shape index (κ1) is 17.8. The lowest BCUT2D eigenvalue weighted by molar-refractivity contribution is 0.589. The smallest absolute Gasteiger partial charge is 0.00867 e. The molecule has 0 atom stereocenters. The molecule has 0 spiro atoms. The molecular weight excluding hydrogens is 276 g/mol. The fourth-order valence-electron chi connectivity index (χ4n) is 3.09. The Morgan fingerprint density at radius 1 is 0.609 bits per heavy atom. The lowest BCUT2D eigenvalue weighted by Crippen LogP contribution is -2.12. The van der Waals surface area contributed by atoms with Gasteiger partial charge in [-0.2, -0.15) is 0 Å². The summed E-state index contributed by atoms with van der Waals surface area (Å²) in [6.07, 6.45) is 1.13. The Morgan fingerprint density at radius 2 is 0.913 bits per heavy atom. The minimum absolute atomic E-state index is 0.217. The van der Waals surface area contributed by atoms with Crippen LogP contribution in [0.1, 0.15) is 83.1 Å². The summed E-state index contributed by atoms with van der Waals surface area (Å²) in [4.78, 5) is 0. The first-order valence-corrected chi connectivity index (χ1v) is 8.84. The van der Waals surface area contributed by atoms with Crippen molar-refractivity contribution >= 4 is 0 Å². The first-order chi connectivity index (χ1) is 10.6. The predicted molar refractivity (Wildman–Crippen MR) is 102 cm³/mol. The highest BCUT2D eigenvalue weighted by molar-refractivity contribution is 5.37. The van der Waals surface area contributed by atoms with Gasteiger partial charge in [-0.05, 0) is 39.5 Å². The van der Waals surface area contributed by atoms with Crippen molar-refractivity contribution in [2.45, 2.75) is 71.6 Å². The molecular formula is C23H32. The molecule has 0 unspecified atom stereocenters. The van der Waals surface area contributed by atoms with Crippen molar-refractivity contribution < 1.29 is 0 Å². The van der Waals surface area contributed by atoms with Crippen molar-refractivity contribution in [2.75, 3.05) is 0 Å². The van der Waals surface area contributed by atoms with E-state index in [1.165, 1.54) is 22.3 Å². The van der Waals surface area contributed by atoms with Gasteiger partial charge in [0.2, 0.25) is 0 Å². The summed E-state index contributed by atoms with van der Waals surface area (Å²) in [5, 5.41) is 0. The van der Waals surface area contributed by atoms with E-state index in [1.54, 1.807) is 0 Å². The molecule has 2 rings (SSSR count). The summed E-state index contributed by atoms with van der Waals surface area (Å²) in [6, 6.07) is 18.4.